The van der Waals surface area contributed by atoms with Crippen LogP contribution >= 0.6 is 0 Å². The van der Waals surface area contributed by atoms with Crippen molar-refractivity contribution in [2.45, 2.75) is 44.9 Å². The van der Waals surface area contributed by atoms with Gasteiger partial charge in [0.05, 0.1) is 33.5 Å². The number of aromatic nitrogens is 4. The summed E-state index contributed by atoms with van der Waals surface area (Å²) in [5, 5.41) is 17.4. The van der Waals surface area contributed by atoms with E-state index in [2.05, 4.69) is 47.0 Å². The van der Waals surface area contributed by atoms with Crippen molar-refractivity contribution in [1.29, 1.82) is 5.26 Å². The van der Waals surface area contributed by atoms with Gasteiger partial charge in [-0.25, -0.2) is 4.98 Å². The van der Waals surface area contributed by atoms with E-state index >= 15 is 0 Å². The number of hydrogen-bond acceptors (Lipinski definition) is 6. The van der Waals surface area contributed by atoms with Crippen LogP contribution < -0.4 is 4.74 Å². The van der Waals surface area contributed by atoms with E-state index < -0.39 is 10.8 Å². The first kappa shape index (κ1) is 19.0. The lowest BCUT2D eigenvalue weighted by molar-refractivity contribution is 0.294. The topological polar surface area (TPSA) is 105 Å². The molecule has 140 valence electrons. The molecule has 1 N–H and O–H groups in total. The largest absolute Gasteiger partial charge is 0.487 e. The predicted octanol–water partition coefficient (Wildman–Crippen LogP) is 3.15. The second-order valence-corrected chi connectivity index (χ2v) is 8.63. The maximum absolute atomic E-state index is 11.5. The molecule has 0 bridgehead atoms. The van der Waals surface area contributed by atoms with Crippen molar-refractivity contribution in [2.24, 2.45) is 0 Å². The van der Waals surface area contributed by atoms with Crippen LogP contribution in [0.5, 0.6) is 5.75 Å². The van der Waals surface area contributed by atoms with Gasteiger partial charge < -0.3 is 4.74 Å². The van der Waals surface area contributed by atoms with Gasteiger partial charge >= 0.3 is 0 Å². The summed E-state index contributed by atoms with van der Waals surface area (Å²) in [6, 6.07) is 6.02. The third-order valence-corrected chi connectivity index (χ3v) is 4.96. The summed E-state index contributed by atoms with van der Waals surface area (Å²) >= 11 is 0. The van der Waals surface area contributed by atoms with E-state index in [4.69, 9.17) is 4.74 Å². The molecule has 0 aliphatic rings. The summed E-state index contributed by atoms with van der Waals surface area (Å²) in [7, 11) is -1.26. The number of benzene rings is 1. The molecule has 0 aliphatic heterocycles. The molecule has 8 heteroatoms. The standard InChI is InChI=1S/C19H21N5O2S/c1-11-6-16(14(19(2,3)4)7-12(11)8-20)26-10-15-13-9-21-18(27(5)25)22-17(13)24-23-15/h6-7,9H,10H2,1-5H3,(H,21,22,23,24). The average Bonchev–Trinajstić information content (AvgIpc) is 3.01. The lowest BCUT2D eigenvalue weighted by atomic mass is 9.84. The molecule has 1 atom stereocenters. The lowest BCUT2D eigenvalue weighted by Gasteiger charge is -2.23. The molecule has 0 saturated heterocycles. The quantitative estimate of drug-likeness (QED) is 0.694. The van der Waals surface area contributed by atoms with Gasteiger partial charge in [0.25, 0.3) is 0 Å². The first-order valence-electron chi connectivity index (χ1n) is 8.42. The fourth-order valence-corrected chi connectivity index (χ4v) is 3.16. The first-order valence-corrected chi connectivity index (χ1v) is 9.98. The lowest BCUT2D eigenvalue weighted by Crippen LogP contribution is -2.14. The Morgan fingerprint density at radius 3 is 2.70 bits per heavy atom. The Balaban J connectivity index is 1.93. The number of H-pyrrole nitrogens is 1. The van der Waals surface area contributed by atoms with Crippen LogP contribution in [0.2, 0.25) is 0 Å². The Bertz CT molecular complexity index is 1080. The molecule has 3 aromatic rings. The average molecular weight is 383 g/mol. The maximum Gasteiger partial charge on any atom is 0.220 e. The fourth-order valence-electron chi connectivity index (χ4n) is 2.74. The SMILES string of the molecule is Cc1cc(OCc2[nH]nc3nc(S(C)=O)ncc23)c(C(C)(C)C)cc1C#N. The summed E-state index contributed by atoms with van der Waals surface area (Å²) in [4.78, 5) is 8.32. The summed E-state index contributed by atoms with van der Waals surface area (Å²) in [6.07, 6.45) is 3.13. The molecule has 0 spiro atoms. The third-order valence-electron chi connectivity index (χ3n) is 4.25. The van der Waals surface area contributed by atoms with Crippen LogP contribution in [0.1, 0.15) is 43.2 Å². The van der Waals surface area contributed by atoms with Gasteiger partial charge in [0.15, 0.2) is 5.65 Å². The van der Waals surface area contributed by atoms with Crippen LogP contribution in [0.3, 0.4) is 0 Å². The van der Waals surface area contributed by atoms with E-state index in [9.17, 15) is 9.47 Å². The van der Waals surface area contributed by atoms with Gasteiger partial charge in [0, 0.05) is 18.0 Å². The van der Waals surface area contributed by atoms with E-state index in [0.717, 1.165) is 28.0 Å². The number of aromatic amines is 1. The molecule has 27 heavy (non-hydrogen) atoms. The summed E-state index contributed by atoms with van der Waals surface area (Å²) in [6.45, 7) is 8.39. The highest BCUT2D eigenvalue weighted by Crippen LogP contribution is 2.34. The summed E-state index contributed by atoms with van der Waals surface area (Å²) in [5.41, 5.74) is 3.50. The molecule has 0 aliphatic carbocycles. The van der Waals surface area contributed by atoms with Crippen LogP contribution in [0.15, 0.2) is 23.5 Å². The van der Waals surface area contributed by atoms with Gasteiger partial charge in [0.1, 0.15) is 12.4 Å². The molecular weight excluding hydrogens is 362 g/mol. The van der Waals surface area contributed by atoms with Crippen molar-refractivity contribution < 1.29 is 8.95 Å². The Morgan fingerprint density at radius 2 is 2.07 bits per heavy atom. The second-order valence-electron chi connectivity index (χ2n) is 7.36. The minimum atomic E-state index is -1.26. The molecule has 2 aromatic heterocycles. The Kier molecular flexibility index (Phi) is 4.98. The molecule has 1 unspecified atom stereocenters. The number of ether oxygens (including phenoxy) is 1. The first-order chi connectivity index (χ1) is 12.7. The molecular formula is C19H21N5O2S. The van der Waals surface area contributed by atoms with Crippen molar-refractivity contribution in [3.8, 4) is 11.8 Å². The van der Waals surface area contributed by atoms with Gasteiger partial charge in [-0.15, -0.1) is 0 Å². The van der Waals surface area contributed by atoms with Gasteiger partial charge in [-0.1, -0.05) is 20.8 Å². The smallest absolute Gasteiger partial charge is 0.220 e. The normalized spacial score (nSPS) is 12.7. The molecule has 3 rings (SSSR count). The Labute approximate surface area is 160 Å². The molecule has 0 amide bonds. The minimum Gasteiger partial charge on any atom is -0.487 e. The predicted molar refractivity (Wildman–Crippen MR) is 103 cm³/mol. The number of nitrogens with zero attached hydrogens (tertiary/aromatic N) is 4. The van der Waals surface area contributed by atoms with Crippen molar-refractivity contribution in [2.75, 3.05) is 6.26 Å². The maximum atomic E-state index is 11.5. The molecule has 0 radical (unpaired) electrons. The zero-order chi connectivity index (χ0) is 19.8. The zero-order valence-corrected chi connectivity index (χ0v) is 16.8. The van der Waals surface area contributed by atoms with Crippen molar-refractivity contribution in [3.63, 3.8) is 0 Å². The second kappa shape index (κ2) is 7.08. The number of nitrogens with one attached hydrogen (secondary N) is 1. The van der Waals surface area contributed by atoms with E-state index in [1.807, 2.05) is 19.1 Å². The van der Waals surface area contributed by atoms with Crippen LogP contribution in [0.4, 0.5) is 0 Å². The summed E-state index contributed by atoms with van der Waals surface area (Å²) < 4.78 is 17.6. The van der Waals surface area contributed by atoms with Crippen LogP contribution in [-0.4, -0.2) is 30.6 Å². The molecule has 1 aromatic carbocycles. The van der Waals surface area contributed by atoms with E-state index in [-0.39, 0.29) is 17.2 Å². The monoisotopic (exact) mass is 383 g/mol. The highest BCUT2D eigenvalue weighted by Gasteiger charge is 2.21. The van der Waals surface area contributed by atoms with E-state index in [0.29, 0.717) is 11.2 Å². The van der Waals surface area contributed by atoms with Crippen molar-refractivity contribution in [1.82, 2.24) is 20.2 Å². The van der Waals surface area contributed by atoms with Crippen molar-refractivity contribution >= 4 is 21.8 Å². The van der Waals surface area contributed by atoms with Crippen LogP contribution in [-0.2, 0) is 22.8 Å². The van der Waals surface area contributed by atoms with E-state index in [1.54, 1.807) is 6.20 Å². The zero-order valence-electron chi connectivity index (χ0n) is 16.0. The molecule has 2 heterocycles. The van der Waals surface area contributed by atoms with Crippen LogP contribution in [0, 0.1) is 18.3 Å². The van der Waals surface area contributed by atoms with E-state index in [1.165, 1.54) is 6.26 Å². The number of aryl methyl sites for hydroxylation is 1. The summed E-state index contributed by atoms with van der Waals surface area (Å²) in [5.74, 6) is 0.731. The Morgan fingerprint density at radius 1 is 1.33 bits per heavy atom. The van der Waals surface area contributed by atoms with Crippen molar-refractivity contribution in [3.05, 3.63) is 40.7 Å². The molecule has 0 saturated carbocycles. The highest BCUT2D eigenvalue weighted by atomic mass is 32.2. The number of fused-ring (bicyclic) bond motifs is 1. The number of rotatable bonds is 4. The minimum absolute atomic E-state index is 0.173. The fraction of sp³-hybridized carbons (Fsp3) is 0.368. The third kappa shape index (κ3) is 3.83. The van der Waals surface area contributed by atoms with Gasteiger partial charge in [-0.3, -0.25) is 9.31 Å². The number of nitriles is 1. The number of hydrogen-bond donors (Lipinski definition) is 1. The van der Waals surface area contributed by atoms with Gasteiger partial charge in [0.2, 0.25) is 5.16 Å². The van der Waals surface area contributed by atoms with Gasteiger partial charge in [-0.2, -0.15) is 15.3 Å². The van der Waals surface area contributed by atoms with Gasteiger partial charge in [-0.05, 0) is 30.0 Å². The molecule has 0 fully saturated rings. The van der Waals surface area contributed by atoms with Crippen LogP contribution in [0.25, 0.3) is 11.0 Å². The Hall–Kier alpha value is -2.79. The molecule has 7 nitrogen and oxygen atoms in total. The highest BCUT2D eigenvalue weighted by molar-refractivity contribution is 7.84.